The monoisotopic (exact) mass is 282 g/mol. The molecular weight excluding hydrogens is 267 g/mol. The van der Waals surface area contributed by atoms with Gasteiger partial charge in [0.15, 0.2) is 0 Å². The Hall–Kier alpha value is -1.89. The first kappa shape index (κ1) is 13.1. The largest absolute Gasteiger partial charge is 0.478 e. The second kappa shape index (κ2) is 4.90. The predicted molar refractivity (Wildman–Crippen MR) is 66.5 cm³/mol. The third-order valence-electron chi connectivity index (χ3n) is 3.77. The third-order valence-corrected chi connectivity index (χ3v) is 3.77. The van der Waals surface area contributed by atoms with Gasteiger partial charge in [-0.25, -0.2) is 9.18 Å². The average Bonchev–Trinajstić information content (AvgIpc) is 3.02. The number of ether oxygens (including phenoxy) is 1. The molecule has 7 heteroatoms. The van der Waals surface area contributed by atoms with Gasteiger partial charge in [-0.2, -0.15) is 0 Å². The topological polar surface area (TPSA) is 71.8 Å². The van der Waals surface area contributed by atoms with Crippen molar-refractivity contribution in [1.82, 2.24) is 9.47 Å². The summed E-state index contributed by atoms with van der Waals surface area (Å²) < 4.78 is 20.1. The Bertz CT molecular complexity index is 569. The molecule has 0 bridgehead atoms. The lowest BCUT2D eigenvalue weighted by Crippen LogP contribution is -2.32. The number of alkyl halides is 1. The molecule has 3 heterocycles. The maximum atomic E-state index is 13.2. The van der Waals surface area contributed by atoms with E-state index in [-0.39, 0.29) is 24.6 Å². The molecule has 0 aromatic carbocycles. The molecule has 1 N–H and O–H groups in total. The number of hydrogen-bond donors (Lipinski definition) is 1. The van der Waals surface area contributed by atoms with E-state index < -0.39 is 12.1 Å². The van der Waals surface area contributed by atoms with Gasteiger partial charge in [-0.15, -0.1) is 0 Å². The number of carbonyl (C=O) groups is 2. The van der Waals surface area contributed by atoms with Crippen LogP contribution in [-0.2, 0) is 17.9 Å². The second-order valence-corrected chi connectivity index (χ2v) is 5.04. The molecule has 0 spiro atoms. The van der Waals surface area contributed by atoms with Crippen LogP contribution >= 0.6 is 0 Å². The van der Waals surface area contributed by atoms with Crippen LogP contribution in [0.5, 0.6) is 0 Å². The Morgan fingerprint density at radius 1 is 1.40 bits per heavy atom. The Morgan fingerprint density at radius 2 is 2.20 bits per heavy atom. The SMILES string of the molecule is O=C(O)c1cc(C(=O)N2CC[C@H](F)C2)n2c1COCC2. The van der Waals surface area contributed by atoms with E-state index in [0.717, 1.165) is 0 Å². The first-order valence-corrected chi connectivity index (χ1v) is 6.54. The van der Waals surface area contributed by atoms with Gasteiger partial charge < -0.3 is 19.3 Å². The van der Waals surface area contributed by atoms with Gasteiger partial charge in [0.1, 0.15) is 11.9 Å². The molecule has 1 saturated heterocycles. The maximum Gasteiger partial charge on any atom is 0.337 e. The zero-order valence-electron chi connectivity index (χ0n) is 10.8. The molecule has 1 amide bonds. The van der Waals surface area contributed by atoms with Gasteiger partial charge in [0.25, 0.3) is 5.91 Å². The number of halogens is 1. The van der Waals surface area contributed by atoms with Gasteiger partial charge in [0, 0.05) is 13.1 Å². The lowest BCUT2D eigenvalue weighted by Gasteiger charge is -2.21. The molecule has 0 unspecified atom stereocenters. The number of aromatic carboxylic acids is 1. The lowest BCUT2D eigenvalue weighted by molar-refractivity contribution is 0.0647. The van der Waals surface area contributed by atoms with Crippen LogP contribution in [0.2, 0.25) is 0 Å². The quantitative estimate of drug-likeness (QED) is 0.875. The van der Waals surface area contributed by atoms with E-state index in [0.29, 0.717) is 37.5 Å². The minimum Gasteiger partial charge on any atom is -0.478 e. The molecule has 3 rings (SSSR count). The summed E-state index contributed by atoms with van der Waals surface area (Å²) in [5.41, 5.74) is 0.905. The molecule has 1 fully saturated rings. The van der Waals surface area contributed by atoms with Crippen LogP contribution in [0.3, 0.4) is 0 Å². The number of rotatable bonds is 2. The van der Waals surface area contributed by atoms with Crippen molar-refractivity contribution >= 4 is 11.9 Å². The summed E-state index contributed by atoms with van der Waals surface area (Å²) in [5.74, 6) is -1.39. The number of carboxylic acids is 1. The number of carboxylic acid groups (broad SMARTS) is 1. The smallest absolute Gasteiger partial charge is 0.337 e. The van der Waals surface area contributed by atoms with Crippen molar-refractivity contribution in [2.75, 3.05) is 19.7 Å². The van der Waals surface area contributed by atoms with E-state index in [4.69, 9.17) is 4.74 Å². The highest BCUT2D eigenvalue weighted by atomic mass is 19.1. The fourth-order valence-corrected chi connectivity index (χ4v) is 2.75. The summed E-state index contributed by atoms with van der Waals surface area (Å²) in [6.45, 7) is 1.52. The van der Waals surface area contributed by atoms with Crippen molar-refractivity contribution in [1.29, 1.82) is 0 Å². The molecule has 0 saturated carbocycles. The van der Waals surface area contributed by atoms with Gasteiger partial charge in [0.05, 0.1) is 31.0 Å². The van der Waals surface area contributed by atoms with Crippen molar-refractivity contribution in [2.24, 2.45) is 0 Å². The van der Waals surface area contributed by atoms with Gasteiger partial charge in [-0.3, -0.25) is 4.79 Å². The zero-order valence-corrected chi connectivity index (χ0v) is 10.8. The summed E-state index contributed by atoms with van der Waals surface area (Å²) >= 11 is 0. The van der Waals surface area contributed by atoms with Crippen molar-refractivity contribution in [3.63, 3.8) is 0 Å². The number of amides is 1. The van der Waals surface area contributed by atoms with E-state index in [1.165, 1.54) is 11.0 Å². The Balaban J connectivity index is 1.97. The van der Waals surface area contributed by atoms with Crippen molar-refractivity contribution in [2.45, 2.75) is 25.7 Å². The van der Waals surface area contributed by atoms with E-state index in [1.807, 2.05) is 0 Å². The highest BCUT2D eigenvalue weighted by Crippen LogP contribution is 2.24. The highest BCUT2D eigenvalue weighted by molar-refractivity contribution is 5.98. The van der Waals surface area contributed by atoms with Crippen molar-refractivity contribution < 1.29 is 23.8 Å². The summed E-state index contributed by atoms with van der Waals surface area (Å²) in [6, 6.07) is 1.38. The van der Waals surface area contributed by atoms with E-state index in [2.05, 4.69) is 0 Å². The molecule has 2 aliphatic heterocycles. The molecule has 2 aliphatic rings. The molecule has 6 nitrogen and oxygen atoms in total. The third kappa shape index (κ3) is 2.07. The van der Waals surface area contributed by atoms with E-state index >= 15 is 0 Å². The molecule has 1 aromatic rings. The first-order chi connectivity index (χ1) is 9.58. The molecule has 0 radical (unpaired) electrons. The van der Waals surface area contributed by atoms with E-state index in [9.17, 15) is 19.1 Å². The number of fused-ring (bicyclic) bond motifs is 1. The second-order valence-electron chi connectivity index (χ2n) is 5.04. The van der Waals surface area contributed by atoms with Crippen LogP contribution in [0.15, 0.2) is 6.07 Å². The number of carbonyl (C=O) groups excluding carboxylic acids is 1. The first-order valence-electron chi connectivity index (χ1n) is 6.54. The summed E-state index contributed by atoms with van der Waals surface area (Å²) in [6.07, 6.45) is -0.647. The highest BCUT2D eigenvalue weighted by Gasteiger charge is 2.31. The Kier molecular flexibility index (Phi) is 3.21. The minimum atomic E-state index is -1.08. The predicted octanol–water partition coefficient (Wildman–Crippen LogP) is 0.901. The normalized spacial score (nSPS) is 21.9. The number of aromatic nitrogens is 1. The molecule has 1 atom stereocenters. The fraction of sp³-hybridized carbons (Fsp3) is 0.538. The zero-order chi connectivity index (χ0) is 14.3. The fourth-order valence-electron chi connectivity index (χ4n) is 2.75. The molecule has 20 heavy (non-hydrogen) atoms. The van der Waals surface area contributed by atoms with Crippen molar-refractivity contribution in [3.8, 4) is 0 Å². The lowest BCUT2D eigenvalue weighted by atomic mass is 10.2. The van der Waals surface area contributed by atoms with Crippen LogP contribution in [0.1, 0.15) is 33.0 Å². The molecular formula is C13H15FN2O4. The maximum absolute atomic E-state index is 13.2. The number of likely N-dealkylation sites (tertiary alicyclic amines) is 1. The van der Waals surface area contributed by atoms with Crippen LogP contribution in [0.25, 0.3) is 0 Å². The Labute approximate surface area is 114 Å². The van der Waals surface area contributed by atoms with Crippen LogP contribution in [0.4, 0.5) is 4.39 Å². The van der Waals surface area contributed by atoms with Gasteiger partial charge in [0.2, 0.25) is 0 Å². The summed E-state index contributed by atoms with van der Waals surface area (Å²) in [4.78, 5) is 25.1. The van der Waals surface area contributed by atoms with Crippen LogP contribution < -0.4 is 0 Å². The summed E-state index contributed by atoms with van der Waals surface area (Å²) in [7, 11) is 0. The van der Waals surface area contributed by atoms with Gasteiger partial charge in [-0.05, 0) is 12.5 Å². The number of nitrogens with zero attached hydrogens (tertiary/aromatic N) is 2. The molecule has 0 aliphatic carbocycles. The average molecular weight is 282 g/mol. The van der Waals surface area contributed by atoms with E-state index in [1.54, 1.807) is 4.57 Å². The van der Waals surface area contributed by atoms with Gasteiger partial charge in [-0.1, -0.05) is 0 Å². The Morgan fingerprint density at radius 3 is 2.85 bits per heavy atom. The van der Waals surface area contributed by atoms with Crippen LogP contribution in [0, 0.1) is 0 Å². The van der Waals surface area contributed by atoms with Crippen molar-refractivity contribution in [3.05, 3.63) is 23.0 Å². The summed E-state index contributed by atoms with van der Waals surface area (Å²) in [5, 5.41) is 9.19. The molecule has 108 valence electrons. The minimum absolute atomic E-state index is 0.0816. The standard InChI is InChI=1S/C13H15FN2O4/c14-8-1-2-15(6-8)12(17)10-5-9(13(18)19)11-7-20-4-3-16(10)11/h5,8H,1-4,6-7H2,(H,18,19)/t8-/m0/s1. The molecule has 1 aromatic heterocycles. The number of hydrogen-bond acceptors (Lipinski definition) is 3. The van der Waals surface area contributed by atoms with Gasteiger partial charge >= 0.3 is 5.97 Å². The van der Waals surface area contributed by atoms with Crippen LogP contribution in [-0.4, -0.2) is 52.3 Å².